The maximum Gasteiger partial charge on any atom is 0.222 e. The van der Waals surface area contributed by atoms with Crippen LogP contribution in [0.25, 0.3) is 11.4 Å². The lowest BCUT2D eigenvalue weighted by atomic mass is 9.89. The van der Waals surface area contributed by atoms with Crippen LogP contribution in [0.3, 0.4) is 0 Å². The van der Waals surface area contributed by atoms with E-state index in [2.05, 4.69) is 15.3 Å². The Morgan fingerprint density at radius 2 is 2.12 bits per heavy atom. The zero-order chi connectivity index (χ0) is 17.0. The van der Waals surface area contributed by atoms with E-state index in [0.29, 0.717) is 13.0 Å². The SMILES string of the molecule is CNC(=O)CC1(O)CCCN(c2cccc(-c3ccccn3)n2)C1. The summed E-state index contributed by atoms with van der Waals surface area (Å²) in [4.78, 5) is 22.7. The first kappa shape index (κ1) is 16.4. The predicted octanol–water partition coefficient (Wildman–Crippen LogP) is 1.61. The molecule has 1 unspecified atom stereocenters. The second-order valence-electron chi connectivity index (χ2n) is 6.20. The Hall–Kier alpha value is -2.47. The van der Waals surface area contributed by atoms with Crippen molar-refractivity contribution in [2.45, 2.75) is 24.9 Å². The van der Waals surface area contributed by atoms with Crippen molar-refractivity contribution in [2.75, 3.05) is 25.0 Å². The van der Waals surface area contributed by atoms with Gasteiger partial charge in [0.05, 0.1) is 23.4 Å². The number of carbonyl (C=O) groups excluding carboxylic acids is 1. The van der Waals surface area contributed by atoms with E-state index in [-0.39, 0.29) is 12.3 Å². The van der Waals surface area contributed by atoms with E-state index < -0.39 is 5.60 Å². The third-order valence-corrected chi connectivity index (χ3v) is 4.31. The summed E-state index contributed by atoms with van der Waals surface area (Å²) >= 11 is 0. The van der Waals surface area contributed by atoms with E-state index in [9.17, 15) is 9.90 Å². The molecule has 0 aliphatic carbocycles. The van der Waals surface area contributed by atoms with Crippen LogP contribution in [0.15, 0.2) is 42.6 Å². The van der Waals surface area contributed by atoms with Gasteiger partial charge in [0.25, 0.3) is 0 Å². The van der Waals surface area contributed by atoms with Crippen LogP contribution in [-0.4, -0.2) is 46.7 Å². The first-order valence-electron chi connectivity index (χ1n) is 8.16. The van der Waals surface area contributed by atoms with Gasteiger partial charge in [-0.05, 0) is 37.1 Å². The average molecular weight is 326 g/mol. The van der Waals surface area contributed by atoms with Gasteiger partial charge in [0.2, 0.25) is 5.91 Å². The molecule has 24 heavy (non-hydrogen) atoms. The second-order valence-corrected chi connectivity index (χ2v) is 6.20. The molecule has 1 amide bonds. The molecule has 1 atom stereocenters. The number of aliphatic hydroxyl groups is 1. The minimum atomic E-state index is -1.01. The molecule has 2 aromatic rings. The second kappa shape index (κ2) is 6.97. The maximum atomic E-state index is 11.7. The van der Waals surface area contributed by atoms with Gasteiger partial charge in [-0.2, -0.15) is 0 Å². The van der Waals surface area contributed by atoms with Crippen molar-refractivity contribution in [2.24, 2.45) is 0 Å². The van der Waals surface area contributed by atoms with E-state index >= 15 is 0 Å². The Balaban J connectivity index is 1.80. The summed E-state index contributed by atoms with van der Waals surface area (Å²) in [5.74, 6) is 0.655. The van der Waals surface area contributed by atoms with Crippen molar-refractivity contribution in [1.82, 2.24) is 15.3 Å². The number of β-amino-alcohol motifs (C(OH)–C–C–N with tert-alkyl or cyclic N) is 1. The first-order chi connectivity index (χ1) is 11.6. The van der Waals surface area contributed by atoms with Crippen LogP contribution in [0.5, 0.6) is 0 Å². The number of nitrogens with one attached hydrogen (secondary N) is 1. The van der Waals surface area contributed by atoms with Gasteiger partial charge in [-0.15, -0.1) is 0 Å². The molecule has 3 rings (SSSR count). The summed E-state index contributed by atoms with van der Waals surface area (Å²) in [6, 6.07) is 11.5. The number of aromatic nitrogens is 2. The molecule has 1 aliphatic heterocycles. The summed E-state index contributed by atoms with van der Waals surface area (Å²) in [5, 5.41) is 13.3. The van der Waals surface area contributed by atoms with Crippen LogP contribution < -0.4 is 10.2 Å². The highest BCUT2D eigenvalue weighted by atomic mass is 16.3. The van der Waals surface area contributed by atoms with Crippen LogP contribution in [-0.2, 0) is 4.79 Å². The molecule has 1 fully saturated rings. The minimum Gasteiger partial charge on any atom is -0.388 e. The molecule has 0 saturated carbocycles. The number of rotatable bonds is 4. The highest BCUT2D eigenvalue weighted by molar-refractivity contribution is 5.76. The topological polar surface area (TPSA) is 78.4 Å². The van der Waals surface area contributed by atoms with Gasteiger partial charge in [-0.1, -0.05) is 12.1 Å². The molecule has 6 nitrogen and oxygen atoms in total. The molecular formula is C18H22N4O2. The number of anilines is 1. The zero-order valence-electron chi connectivity index (χ0n) is 13.8. The summed E-state index contributed by atoms with van der Waals surface area (Å²) in [6.45, 7) is 1.22. The summed E-state index contributed by atoms with van der Waals surface area (Å²) in [6.07, 6.45) is 3.30. The van der Waals surface area contributed by atoms with Gasteiger partial charge < -0.3 is 15.3 Å². The van der Waals surface area contributed by atoms with Gasteiger partial charge in [-0.25, -0.2) is 4.98 Å². The minimum absolute atomic E-state index is 0.111. The number of pyridine rings is 2. The number of nitrogens with zero attached hydrogens (tertiary/aromatic N) is 3. The van der Waals surface area contributed by atoms with E-state index in [1.54, 1.807) is 13.2 Å². The molecule has 0 aromatic carbocycles. The fourth-order valence-electron chi connectivity index (χ4n) is 3.10. The van der Waals surface area contributed by atoms with Crippen molar-refractivity contribution in [3.63, 3.8) is 0 Å². The van der Waals surface area contributed by atoms with Gasteiger partial charge in [0, 0.05) is 26.3 Å². The van der Waals surface area contributed by atoms with Crippen LogP contribution >= 0.6 is 0 Å². The van der Waals surface area contributed by atoms with Crippen molar-refractivity contribution in [3.8, 4) is 11.4 Å². The highest BCUT2D eigenvalue weighted by Crippen LogP contribution is 2.28. The fraction of sp³-hybridized carbons (Fsp3) is 0.389. The largest absolute Gasteiger partial charge is 0.388 e. The summed E-state index contributed by atoms with van der Waals surface area (Å²) in [5.41, 5.74) is 0.603. The van der Waals surface area contributed by atoms with Crippen molar-refractivity contribution in [1.29, 1.82) is 0 Å². The molecule has 0 bridgehead atoms. The van der Waals surface area contributed by atoms with Crippen LogP contribution in [0.1, 0.15) is 19.3 Å². The normalized spacial score (nSPS) is 20.7. The first-order valence-corrected chi connectivity index (χ1v) is 8.16. The van der Waals surface area contributed by atoms with E-state index in [4.69, 9.17) is 0 Å². The van der Waals surface area contributed by atoms with E-state index in [1.165, 1.54) is 0 Å². The van der Waals surface area contributed by atoms with Gasteiger partial charge in [0.1, 0.15) is 5.82 Å². The molecule has 0 radical (unpaired) electrons. The van der Waals surface area contributed by atoms with Gasteiger partial charge in [0.15, 0.2) is 0 Å². The number of piperidine rings is 1. The van der Waals surface area contributed by atoms with Gasteiger partial charge in [-0.3, -0.25) is 9.78 Å². The summed E-state index contributed by atoms with van der Waals surface area (Å²) in [7, 11) is 1.59. The summed E-state index contributed by atoms with van der Waals surface area (Å²) < 4.78 is 0. The molecule has 2 aromatic heterocycles. The van der Waals surface area contributed by atoms with Crippen molar-refractivity contribution in [3.05, 3.63) is 42.6 Å². The lowest BCUT2D eigenvalue weighted by Gasteiger charge is -2.39. The average Bonchev–Trinajstić information content (AvgIpc) is 2.62. The molecule has 1 aliphatic rings. The van der Waals surface area contributed by atoms with Crippen LogP contribution in [0, 0.1) is 0 Å². The number of amides is 1. The highest BCUT2D eigenvalue weighted by Gasteiger charge is 2.35. The number of hydrogen-bond acceptors (Lipinski definition) is 5. The lowest BCUT2D eigenvalue weighted by molar-refractivity contribution is -0.125. The Kier molecular flexibility index (Phi) is 4.76. The molecule has 3 heterocycles. The monoisotopic (exact) mass is 326 g/mol. The fourth-order valence-corrected chi connectivity index (χ4v) is 3.10. The molecule has 2 N–H and O–H groups in total. The van der Waals surface area contributed by atoms with Crippen molar-refractivity contribution < 1.29 is 9.90 Å². The standard InChI is InChI=1S/C18H22N4O2/c1-19-17(23)12-18(24)9-5-11-22(13-18)16-8-4-7-15(21-16)14-6-2-3-10-20-14/h2-4,6-8,10,24H,5,9,11-13H2,1H3,(H,19,23). The van der Waals surface area contributed by atoms with Crippen LogP contribution in [0.2, 0.25) is 0 Å². The Morgan fingerprint density at radius 1 is 1.29 bits per heavy atom. The van der Waals surface area contributed by atoms with Crippen molar-refractivity contribution >= 4 is 11.7 Å². The quantitative estimate of drug-likeness (QED) is 0.892. The lowest BCUT2D eigenvalue weighted by Crippen LogP contribution is -2.50. The Bertz CT molecular complexity index is 707. The Labute approximate surface area is 141 Å². The third-order valence-electron chi connectivity index (χ3n) is 4.31. The molecule has 126 valence electrons. The smallest absolute Gasteiger partial charge is 0.222 e. The molecule has 1 saturated heterocycles. The third kappa shape index (κ3) is 3.71. The van der Waals surface area contributed by atoms with E-state index in [1.807, 2.05) is 41.3 Å². The zero-order valence-corrected chi connectivity index (χ0v) is 13.8. The van der Waals surface area contributed by atoms with Gasteiger partial charge >= 0.3 is 0 Å². The Morgan fingerprint density at radius 3 is 2.88 bits per heavy atom. The van der Waals surface area contributed by atoms with E-state index in [0.717, 1.165) is 30.2 Å². The van der Waals surface area contributed by atoms with Crippen LogP contribution in [0.4, 0.5) is 5.82 Å². The molecule has 6 heteroatoms. The predicted molar refractivity (Wildman–Crippen MR) is 92.5 cm³/mol. The number of carbonyl (C=O) groups is 1. The maximum absolute atomic E-state index is 11.7. The molecule has 0 spiro atoms. The molecular weight excluding hydrogens is 304 g/mol. The number of hydrogen-bond donors (Lipinski definition) is 2.